The molecule has 0 atom stereocenters. The highest BCUT2D eigenvalue weighted by Crippen LogP contribution is 2.28. The van der Waals surface area contributed by atoms with E-state index in [1.165, 1.54) is 30.3 Å². The van der Waals surface area contributed by atoms with Crippen molar-refractivity contribution in [2.75, 3.05) is 10.0 Å². The fraction of sp³-hybridized carbons (Fsp3) is 0.0952. The van der Waals surface area contributed by atoms with Gasteiger partial charge in [0, 0.05) is 16.3 Å². The van der Waals surface area contributed by atoms with Gasteiger partial charge in [0.25, 0.3) is 15.9 Å². The van der Waals surface area contributed by atoms with Crippen LogP contribution in [0.15, 0.2) is 65.6 Å². The van der Waals surface area contributed by atoms with Gasteiger partial charge in [0.1, 0.15) is 5.75 Å². The van der Waals surface area contributed by atoms with Crippen molar-refractivity contribution in [1.29, 1.82) is 0 Å². The summed E-state index contributed by atoms with van der Waals surface area (Å²) in [5.74, 6) is -0.710. The van der Waals surface area contributed by atoms with Crippen molar-refractivity contribution in [2.24, 2.45) is 0 Å². The first-order valence-corrected chi connectivity index (χ1v) is 10.5. The molecule has 150 valence electrons. The number of carbonyl (C=O) groups is 1. The predicted octanol–water partition coefficient (Wildman–Crippen LogP) is 4.72. The van der Waals surface area contributed by atoms with Gasteiger partial charge >= 0.3 is 0 Å². The highest BCUT2D eigenvalue weighted by molar-refractivity contribution is 7.92. The Morgan fingerprint density at radius 3 is 2.48 bits per heavy atom. The molecule has 0 aliphatic carbocycles. The van der Waals surface area contributed by atoms with Crippen LogP contribution in [-0.4, -0.2) is 19.4 Å². The lowest BCUT2D eigenvalue weighted by Gasteiger charge is -2.13. The first-order valence-electron chi connectivity index (χ1n) is 8.66. The molecule has 0 aliphatic rings. The molecule has 0 heterocycles. The molecule has 6 nitrogen and oxygen atoms in total. The summed E-state index contributed by atoms with van der Waals surface area (Å²) in [5, 5.41) is 12.8. The van der Waals surface area contributed by atoms with Crippen LogP contribution in [0.2, 0.25) is 5.02 Å². The second-order valence-corrected chi connectivity index (χ2v) is 8.69. The Labute approximate surface area is 174 Å². The van der Waals surface area contributed by atoms with Crippen LogP contribution >= 0.6 is 11.6 Å². The van der Waals surface area contributed by atoms with E-state index in [0.29, 0.717) is 16.3 Å². The van der Waals surface area contributed by atoms with Crippen LogP contribution in [0.1, 0.15) is 21.5 Å². The molecule has 0 radical (unpaired) electrons. The van der Waals surface area contributed by atoms with Gasteiger partial charge in [-0.25, -0.2) is 8.42 Å². The van der Waals surface area contributed by atoms with Crippen LogP contribution in [0.4, 0.5) is 11.4 Å². The summed E-state index contributed by atoms with van der Waals surface area (Å²) in [6.45, 7) is 3.55. The molecule has 0 saturated heterocycles. The summed E-state index contributed by atoms with van der Waals surface area (Å²) in [6, 6.07) is 15.5. The number of rotatable bonds is 5. The molecule has 0 fully saturated rings. The van der Waals surface area contributed by atoms with Crippen molar-refractivity contribution in [3.05, 3.63) is 82.4 Å². The summed E-state index contributed by atoms with van der Waals surface area (Å²) < 4.78 is 28.0. The molecule has 0 unspecified atom stereocenters. The molecule has 0 spiro atoms. The van der Waals surface area contributed by atoms with E-state index in [2.05, 4.69) is 10.0 Å². The van der Waals surface area contributed by atoms with Gasteiger partial charge in [0.15, 0.2) is 0 Å². The Morgan fingerprint density at radius 1 is 1.00 bits per heavy atom. The lowest BCUT2D eigenvalue weighted by atomic mass is 10.1. The number of benzene rings is 3. The van der Waals surface area contributed by atoms with Crippen molar-refractivity contribution in [3.63, 3.8) is 0 Å². The zero-order valence-electron chi connectivity index (χ0n) is 15.7. The van der Waals surface area contributed by atoms with Gasteiger partial charge in [-0.2, -0.15) is 0 Å². The molecular weight excluding hydrogens is 412 g/mol. The SMILES string of the molecule is Cc1cccc(NS(=O)(=O)c2ccc(C)c(C(=O)Nc3cc(Cl)ccc3O)c2)c1. The number of nitrogens with one attached hydrogen (secondary N) is 2. The van der Waals surface area contributed by atoms with E-state index in [1.807, 2.05) is 13.0 Å². The molecule has 3 N–H and O–H groups in total. The van der Waals surface area contributed by atoms with Gasteiger partial charge < -0.3 is 10.4 Å². The number of anilines is 2. The van der Waals surface area contributed by atoms with E-state index in [1.54, 1.807) is 31.2 Å². The third-order valence-electron chi connectivity index (χ3n) is 4.24. The van der Waals surface area contributed by atoms with Crippen molar-refractivity contribution < 1.29 is 18.3 Å². The van der Waals surface area contributed by atoms with Crippen LogP contribution in [0, 0.1) is 13.8 Å². The monoisotopic (exact) mass is 430 g/mol. The number of hydrogen-bond acceptors (Lipinski definition) is 4. The number of aromatic hydroxyl groups is 1. The molecule has 3 aromatic carbocycles. The number of halogens is 1. The quantitative estimate of drug-likeness (QED) is 0.510. The minimum atomic E-state index is -3.89. The highest BCUT2D eigenvalue weighted by atomic mass is 35.5. The lowest BCUT2D eigenvalue weighted by Crippen LogP contribution is -2.17. The third kappa shape index (κ3) is 4.88. The highest BCUT2D eigenvalue weighted by Gasteiger charge is 2.19. The molecule has 0 bridgehead atoms. The number of sulfonamides is 1. The van der Waals surface area contributed by atoms with E-state index < -0.39 is 15.9 Å². The molecular formula is C21H19ClN2O4S. The molecule has 3 rings (SSSR count). The minimum Gasteiger partial charge on any atom is -0.506 e. The zero-order chi connectivity index (χ0) is 21.2. The van der Waals surface area contributed by atoms with E-state index >= 15 is 0 Å². The van der Waals surface area contributed by atoms with Crippen molar-refractivity contribution in [1.82, 2.24) is 0 Å². The Bertz CT molecular complexity index is 1190. The van der Waals surface area contributed by atoms with E-state index in [9.17, 15) is 18.3 Å². The van der Waals surface area contributed by atoms with Crippen molar-refractivity contribution in [2.45, 2.75) is 18.7 Å². The first kappa shape index (κ1) is 20.7. The molecule has 0 aliphatic heterocycles. The Hall–Kier alpha value is -3.03. The molecule has 8 heteroatoms. The fourth-order valence-corrected chi connectivity index (χ4v) is 3.98. The van der Waals surface area contributed by atoms with Crippen LogP contribution in [0.3, 0.4) is 0 Å². The van der Waals surface area contributed by atoms with Crippen molar-refractivity contribution >= 4 is 38.9 Å². The van der Waals surface area contributed by atoms with Gasteiger partial charge in [0.05, 0.1) is 10.6 Å². The second-order valence-electron chi connectivity index (χ2n) is 6.57. The van der Waals surface area contributed by atoms with Crippen LogP contribution in [0.25, 0.3) is 0 Å². The number of phenols is 1. The van der Waals surface area contributed by atoms with Crippen molar-refractivity contribution in [3.8, 4) is 5.75 Å². The Balaban J connectivity index is 1.91. The van der Waals surface area contributed by atoms with Gasteiger partial charge in [-0.15, -0.1) is 0 Å². The average molecular weight is 431 g/mol. The molecule has 0 aromatic heterocycles. The third-order valence-corrected chi connectivity index (χ3v) is 5.86. The molecule has 3 aromatic rings. The zero-order valence-corrected chi connectivity index (χ0v) is 17.3. The predicted molar refractivity (Wildman–Crippen MR) is 114 cm³/mol. The van der Waals surface area contributed by atoms with Crippen LogP contribution < -0.4 is 10.0 Å². The number of phenolic OH excluding ortho intramolecular Hbond substituents is 1. The van der Waals surface area contributed by atoms with Crippen LogP contribution in [0.5, 0.6) is 5.75 Å². The normalized spacial score (nSPS) is 11.1. The molecule has 1 amide bonds. The van der Waals surface area contributed by atoms with Crippen LogP contribution in [-0.2, 0) is 10.0 Å². The summed E-state index contributed by atoms with van der Waals surface area (Å²) in [5.41, 5.74) is 2.22. The van der Waals surface area contributed by atoms with E-state index in [0.717, 1.165) is 5.56 Å². The Kier molecular flexibility index (Phi) is 5.81. The van der Waals surface area contributed by atoms with Gasteiger partial charge in [-0.3, -0.25) is 9.52 Å². The van der Waals surface area contributed by atoms with E-state index in [-0.39, 0.29) is 21.9 Å². The lowest BCUT2D eigenvalue weighted by molar-refractivity contribution is 0.102. The Morgan fingerprint density at radius 2 is 1.76 bits per heavy atom. The number of amides is 1. The average Bonchev–Trinajstić information content (AvgIpc) is 2.64. The molecule has 0 saturated carbocycles. The summed E-state index contributed by atoms with van der Waals surface area (Å²) in [4.78, 5) is 12.6. The summed E-state index contributed by atoms with van der Waals surface area (Å²) in [7, 11) is -3.89. The minimum absolute atomic E-state index is 0.0509. The standard InChI is InChI=1S/C21H19ClN2O4S/c1-13-4-3-5-16(10-13)24-29(27,28)17-8-6-14(2)18(12-17)21(26)23-19-11-15(22)7-9-20(19)25/h3-12,24-25H,1-2H3,(H,23,26). The first-order chi connectivity index (χ1) is 13.7. The largest absolute Gasteiger partial charge is 0.506 e. The smallest absolute Gasteiger partial charge is 0.261 e. The molecule has 29 heavy (non-hydrogen) atoms. The van der Waals surface area contributed by atoms with E-state index in [4.69, 9.17) is 11.6 Å². The maximum atomic E-state index is 12.8. The topological polar surface area (TPSA) is 95.5 Å². The summed E-state index contributed by atoms with van der Waals surface area (Å²) >= 11 is 5.90. The maximum absolute atomic E-state index is 12.8. The number of aryl methyl sites for hydroxylation is 2. The van der Waals surface area contributed by atoms with Gasteiger partial charge in [0.2, 0.25) is 0 Å². The summed E-state index contributed by atoms with van der Waals surface area (Å²) in [6.07, 6.45) is 0. The maximum Gasteiger partial charge on any atom is 0.261 e. The second kappa shape index (κ2) is 8.14. The number of hydrogen-bond donors (Lipinski definition) is 3. The van der Waals surface area contributed by atoms with Gasteiger partial charge in [-0.1, -0.05) is 29.8 Å². The fourth-order valence-electron chi connectivity index (χ4n) is 2.73. The number of carbonyl (C=O) groups excluding carboxylic acids is 1. The van der Waals surface area contributed by atoms with Gasteiger partial charge in [-0.05, 0) is 67.4 Å².